The van der Waals surface area contributed by atoms with Gasteiger partial charge in [0.15, 0.2) is 0 Å². The molecular formula is C24H26BrN3O2. The standard InChI is InChI=1S/C24H26BrN3O2/c25-21-6-4-20(5-7-21)24(10-16-30-17-11-24)23(29)28-13-1-12-27(14-15-28)22-8-2-19(18-26)3-9-22/h2-9H,1,10-17H2. The van der Waals surface area contributed by atoms with Crippen molar-refractivity contribution in [2.45, 2.75) is 24.7 Å². The van der Waals surface area contributed by atoms with Crippen LogP contribution in [0.5, 0.6) is 0 Å². The molecule has 30 heavy (non-hydrogen) atoms. The molecule has 0 spiro atoms. The third-order valence-electron chi connectivity index (χ3n) is 6.30. The van der Waals surface area contributed by atoms with Crippen LogP contribution in [-0.4, -0.2) is 50.2 Å². The van der Waals surface area contributed by atoms with Crippen LogP contribution >= 0.6 is 15.9 Å². The summed E-state index contributed by atoms with van der Waals surface area (Å²) in [7, 11) is 0. The normalized spacial score (nSPS) is 19.1. The summed E-state index contributed by atoms with van der Waals surface area (Å²) in [6.07, 6.45) is 2.38. The van der Waals surface area contributed by atoms with Gasteiger partial charge in [0.2, 0.25) is 5.91 Å². The van der Waals surface area contributed by atoms with Crippen LogP contribution in [0.25, 0.3) is 0 Å². The van der Waals surface area contributed by atoms with E-state index in [0.717, 1.165) is 54.6 Å². The molecule has 2 saturated heterocycles. The van der Waals surface area contributed by atoms with Crippen LogP contribution in [0.2, 0.25) is 0 Å². The lowest BCUT2D eigenvalue weighted by molar-refractivity contribution is -0.141. The van der Waals surface area contributed by atoms with E-state index in [1.807, 2.05) is 36.4 Å². The Labute approximate surface area is 186 Å². The Hall–Kier alpha value is -2.36. The summed E-state index contributed by atoms with van der Waals surface area (Å²) in [4.78, 5) is 18.2. The Morgan fingerprint density at radius 3 is 2.33 bits per heavy atom. The fourth-order valence-corrected chi connectivity index (χ4v) is 4.81. The molecule has 5 nitrogen and oxygen atoms in total. The van der Waals surface area contributed by atoms with Gasteiger partial charge in [-0.2, -0.15) is 5.26 Å². The number of ether oxygens (including phenoxy) is 1. The summed E-state index contributed by atoms with van der Waals surface area (Å²) < 4.78 is 6.64. The SMILES string of the molecule is N#Cc1ccc(N2CCCN(C(=O)C3(c4ccc(Br)cc4)CCOCC3)CC2)cc1. The second kappa shape index (κ2) is 9.20. The maximum atomic E-state index is 13.8. The first-order valence-corrected chi connectivity index (χ1v) is 11.3. The number of hydrogen-bond acceptors (Lipinski definition) is 4. The van der Waals surface area contributed by atoms with Crippen LogP contribution in [0.15, 0.2) is 53.0 Å². The lowest BCUT2D eigenvalue weighted by Gasteiger charge is -2.40. The number of nitrogens with zero attached hydrogens (tertiary/aromatic N) is 3. The largest absolute Gasteiger partial charge is 0.381 e. The average Bonchev–Trinajstić information content (AvgIpc) is 3.06. The van der Waals surface area contributed by atoms with E-state index >= 15 is 0 Å². The van der Waals surface area contributed by atoms with E-state index in [0.29, 0.717) is 25.3 Å². The summed E-state index contributed by atoms with van der Waals surface area (Å²) in [5.41, 5.74) is 2.37. The predicted octanol–water partition coefficient (Wildman–Crippen LogP) is 4.11. The van der Waals surface area contributed by atoms with Crippen LogP contribution in [-0.2, 0) is 14.9 Å². The van der Waals surface area contributed by atoms with E-state index in [4.69, 9.17) is 10.00 Å². The van der Waals surface area contributed by atoms with Crippen molar-refractivity contribution in [1.29, 1.82) is 5.26 Å². The van der Waals surface area contributed by atoms with Crippen LogP contribution in [0.1, 0.15) is 30.4 Å². The van der Waals surface area contributed by atoms with Crippen molar-refractivity contribution in [1.82, 2.24) is 4.90 Å². The quantitative estimate of drug-likeness (QED) is 0.681. The van der Waals surface area contributed by atoms with E-state index < -0.39 is 5.41 Å². The van der Waals surface area contributed by atoms with Gasteiger partial charge in [-0.15, -0.1) is 0 Å². The third-order valence-corrected chi connectivity index (χ3v) is 6.83. The van der Waals surface area contributed by atoms with Gasteiger partial charge in [-0.1, -0.05) is 28.1 Å². The smallest absolute Gasteiger partial charge is 0.233 e. The Morgan fingerprint density at radius 2 is 1.67 bits per heavy atom. The first kappa shape index (κ1) is 20.9. The molecule has 2 aliphatic rings. The van der Waals surface area contributed by atoms with Gasteiger partial charge in [-0.25, -0.2) is 0 Å². The fraction of sp³-hybridized carbons (Fsp3) is 0.417. The van der Waals surface area contributed by atoms with Gasteiger partial charge in [0.25, 0.3) is 0 Å². The van der Waals surface area contributed by atoms with Crippen LogP contribution in [0.3, 0.4) is 0 Å². The monoisotopic (exact) mass is 467 g/mol. The van der Waals surface area contributed by atoms with Gasteiger partial charge in [0, 0.05) is 49.6 Å². The summed E-state index contributed by atoms with van der Waals surface area (Å²) in [5.74, 6) is 0.231. The van der Waals surface area contributed by atoms with Crippen LogP contribution in [0, 0.1) is 11.3 Å². The van der Waals surface area contributed by atoms with Crippen molar-refractivity contribution in [3.63, 3.8) is 0 Å². The van der Waals surface area contributed by atoms with Crippen molar-refractivity contribution in [3.05, 3.63) is 64.1 Å². The molecular weight excluding hydrogens is 442 g/mol. The van der Waals surface area contributed by atoms with E-state index in [9.17, 15) is 4.79 Å². The lowest BCUT2D eigenvalue weighted by atomic mass is 9.73. The van der Waals surface area contributed by atoms with Crippen molar-refractivity contribution in [2.75, 3.05) is 44.3 Å². The summed E-state index contributed by atoms with van der Waals surface area (Å²) in [6, 6.07) is 18.1. The Balaban J connectivity index is 1.52. The number of nitriles is 1. The van der Waals surface area contributed by atoms with Crippen LogP contribution in [0.4, 0.5) is 5.69 Å². The zero-order valence-corrected chi connectivity index (χ0v) is 18.6. The molecule has 0 unspecified atom stereocenters. The number of carbonyl (C=O) groups excluding carboxylic acids is 1. The molecule has 0 saturated carbocycles. The topological polar surface area (TPSA) is 56.6 Å². The zero-order chi connectivity index (χ0) is 21.0. The molecule has 1 amide bonds. The molecule has 2 aliphatic heterocycles. The lowest BCUT2D eigenvalue weighted by Crippen LogP contribution is -2.50. The minimum absolute atomic E-state index is 0.231. The highest BCUT2D eigenvalue weighted by Gasteiger charge is 2.44. The van der Waals surface area contributed by atoms with Crippen LogP contribution < -0.4 is 4.90 Å². The van der Waals surface area contributed by atoms with Crippen molar-refractivity contribution < 1.29 is 9.53 Å². The number of amides is 1. The zero-order valence-electron chi connectivity index (χ0n) is 17.0. The van der Waals surface area contributed by atoms with E-state index in [2.05, 4.69) is 43.9 Å². The first-order chi connectivity index (χ1) is 14.6. The molecule has 0 aliphatic carbocycles. The summed E-state index contributed by atoms with van der Waals surface area (Å²) >= 11 is 3.51. The maximum Gasteiger partial charge on any atom is 0.233 e. The van der Waals surface area contributed by atoms with Gasteiger partial charge in [0.05, 0.1) is 17.0 Å². The number of benzene rings is 2. The predicted molar refractivity (Wildman–Crippen MR) is 120 cm³/mol. The van der Waals surface area contributed by atoms with Gasteiger partial charge in [-0.05, 0) is 61.2 Å². The van der Waals surface area contributed by atoms with E-state index in [-0.39, 0.29) is 5.91 Å². The van der Waals surface area contributed by atoms with Crippen molar-refractivity contribution in [3.8, 4) is 6.07 Å². The summed E-state index contributed by atoms with van der Waals surface area (Å²) in [5, 5.41) is 9.02. The molecule has 2 aromatic rings. The fourth-order valence-electron chi connectivity index (χ4n) is 4.54. The van der Waals surface area contributed by atoms with Gasteiger partial charge in [0.1, 0.15) is 0 Å². The molecule has 2 fully saturated rings. The second-order valence-electron chi connectivity index (χ2n) is 7.99. The number of hydrogen-bond donors (Lipinski definition) is 0. The molecule has 2 aromatic carbocycles. The highest BCUT2D eigenvalue weighted by Crippen LogP contribution is 2.37. The summed E-state index contributed by atoms with van der Waals surface area (Å²) in [6.45, 7) is 4.41. The van der Waals surface area contributed by atoms with E-state index in [1.54, 1.807) is 0 Å². The highest BCUT2D eigenvalue weighted by molar-refractivity contribution is 9.10. The highest BCUT2D eigenvalue weighted by atomic mass is 79.9. The molecule has 0 radical (unpaired) electrons. The number of carbonyl (C=O) groups is 1. The van der Waals surface area contributed by atoms with Gasteiger partial charge in [-0.3, -0.25) is 4.79 Å². The molecule has 0 N–H and O–H groups in total. The molecule has 0 atom stereocenters. The Bertz CT molecular complexity index is 915. The number of halogens is 1. The Morgan fingerprint density at radius 1 is 0.967 bits per heavy atom. The van der Waals surface area contributed by atoms with Crippen molar-refractivity contribution >= 4 is 27.5 Å². The maximum absolute atomic E-state index is 13.8. The van der Waals surface area contributed by atoms with Crippen molar-refractivity contribution in [2.24, 2.45) is 0 Å². The number of rotatable bonds is 3. The second-order valence-corrected chi connectivity index (χ2v) is 8.91. The van der Waals surface area contributed by atoms with E-state index in [1.165, 1.54) is 0 Å². The average molecular weight is 468 g/mol. The molecule has 4 rings (SSSR count). The minimum atomic E-state index is -0.497. The molecule has 156 valence electrons. The minimum Gasteiger partial charge on any atom is -0.381 e. The molecule has 2 heterocycles. The molecule has 6 heteroatoms. The van der Waals surface area contributed by atoms with Gasteiger partial charge >= 0.3 is 0 Å². The van der Waals surface area contributed by atoms with Gasteiger partial charge < -0.3 is 14.5 Å². The molecule has 0 bridgehead atoms. The Kier molecular flexibility index (Phi) is 6.40. The molecule has 0 aromatic heterocycles. The third kappa shape index (κ3) is 4.23. The first-order valence-electron chi connectivity index (χ1n) is 10.5. The number of anilines is 1.